The summed E-state index contributed by atoms with van der Waals surface area (Å²) in [5.74, 6) is 0.417. The Balaban J connectivity index is 1.72. The normalized spacial score (nSPS) is 16.9. The van der Waals surface area contributed by atoms with Crippen LogP contribution in [0.4, 0.5) is 0 Å². The van der Waals surface area contributed by atoms with Crippen LogP contribution >= 0.6 is 0 Å². The molecule has 0 aromatic carbocycles. The Morgan fingerprint density at radius 2 is 2.18 bits per heavy atom. The van der Waals surface area contributed by atoms with Crippen LogP contribution in [0, 0.1) is 17.2 Å². The molecule has 1 fully saturated rings. The van der Waals surface area contributed by atoms with E-state index in [1.54, 1.807) is 6.20 Å². The van der Waals surface area contributed by atoms with Gasteiger partial charge in [-0.25, -0.2) is 0 Å². The van der Waals surface area contributed by atoms with Crippen LogP contribution < -0.4 is 0 Å². The third kappa shape index (κ3) is 2.06. The quantitative estimate of drug-likeness (QED) is 0.804. The first kappa shape index (κ1) is 13.0. The van der Waals surface area contributed by atoms with Crippen LogP contribution in [-0.4, -0.2) is 25.0 Å². The van der Waals surface area contributed by atoms with Crippen LogP contribution in [0.15, 0.2) is 30.9 Å². The van der Waals surface area contributed by atoms with E-state index in [0.29, 0.717) is 5.92 Å². The topological polar surface area (TPSA) is 83.2 Å². The van der Waals surface area contributed by atoms with E-state index in [2.05, 4.69) is 26.3 Å². The fourth-order valence-corrected chi connectivity index (χ4v) is 3.39. The Hall–Kier alpha value is -2.68. The third-order valence-corrected chi connectivity index (χ3v) is 4.54. The van der Waals surface area contributed by atoms with Gasteiger partial charge in [-0.3, -0.25) is 4.68 Å². The third-order valence-electron chi connectivity index (χ3n) is 4.54. The number of hydrogen-bond acceptors (Lipinski definition) is 4. The molecule has 6 heteroatoms. The van der Waals surface area contributed by atoms with Crippen LogP contribution in [0.5, 0.6) is 0 Å². The number of aromatic amines is 1. The Morgan fingerprint density at radius 1 is 1.32 bits per heavy atom. The van der Waals surface area contributed by atoms with E-state index in [0.717, 1.165) is 35.0 Å². The van der Waals surface area contributed by atoms with Gasteiger partial charge in [-0.2, -0.15) is 15.5 Å². The molecule has 0 saturated heterocycles. The van der Waals surface area contributed by atoms with E-state index < -0.39 is 0 Å². The van der Waals surface area contributed by atoms with Crippen LogP contribution in [0.2, 0.25) is 0 Å². The molecule has 3 aromatic rings. The first-order valence-corrected chi connectivity index (χ1v) is 7.60. The van der Waals surface area contributed by atoms with Gasteiger partial charge >= 0.3 is 0 Å². The summed E-state index contributed by atoms with van der Waals surface area (Å²) >= 11 is 0. The van der Waals surface area contributed by atoms with E-state index in [1.165, 1.54) is 12.8 Å². The Bertz CT molecular complexity index is 834. The van der Waals surface area contributed by atoms with Gasteiger partial charge in [0.1, 0.15) is 6.04 Å². The Morgan fingerprint density at radius 3 is 3.00 bits per heavy atom. The molecule has 0 spiro atoms. The zero-order valence-corrected chi connectivity index (χ0v) is 12.1. The smallest absolute Gasteiger partial charge is 0.160 e. The van der Waals surface area contributed by atoms with Gasteiger partial charge in [0.15, 0.2) is 5.65 Å². The molecule has 22 heavy (non-hydrogen) atoms. The van der Waals surface area contributed by atoms with Crippen molar-refractivity contribution in [1.29, 1.82) is 5.26 Å². The number of aromatic nitrogens is 5. The fourth-order valence-electron chi connectivity index (χ4n) is 3.39. The average molecular weight is 292 g/mol. The number of rotatable bonds is 3. The summed E-state index contributed by atoms with van der Waals surface area (Å²) < 4.78 is 1.81. The molecule has 1 aliphatic rings. The van der Waals surface area contributed by atoms with Gasteiger partial charge in [0.05, 0.1) is 18.5 Å². The molecule has 1 N–H and O–H groups in total. The van der Waals surface area contributed by atoms with E-state index in [9.17, 15) is 5.26 Å². The van der Waals surface area contributed by atoms with Crippen LogP contribution in [0.3, 0.4) is 0 Å². The van der Waals surface area contributed by atoms with Crippen molar-refractivity contribution in [3.05, 3.63) is 30.9 Å². The van der Waals surface area contributed by atoms with E-state index in [-0.39, 0.29) is 6.04 Å². The summed E-state index contributed by atoms with van der Waals surface area (Å²) in [6, 6.07) is 4.23. The minimum absolute atomic E-state index is 0.173. The van der Waals surface area contributed by atoms with Crippen molar-refractivity contribution in [2.45, 2.75) is 31.7 Å². The van der Waals surface area contributed by atoms with Gasteiger partial charge < -0.3 is 4.98 Å². The lowest BCUT2D eigenvalue weighted by molar-refractivity contribution is 0.377. The molecule has 6 nitrogen and oxygen atoms in total. The number of nitrogens with zero attached hydrogens (tertiary/aromatic N) is 5. The summed E-state index contributed by atoms with van der Waals surface area (Å²) in [6.07, 6.45) is 12.0. The zero-order valence-electron chi connectivity index (χ0n) is 12.1. The molecule has 0 bridgehead atoms. The van der Waals surface area contributed by atoms with Gasteiger partial charge in [0.2, 0.25) is 0 Å². The number of nitrogens with one attached hydrogen (secondary N) is 1. The fraction of sp³-hybridized carbons (Fsp3) is 0.375. The average Bonchev–Trinajstić information content (AvgIpc) is 3.29. The van der Waals surface area contributed by atoms with Crippen molar-refractivity contribution in [2.75, 3.05) is 0 Å². The molecule has 1 saturated carbocycles. The van der Waals surface area contributed by atoms with E-state index in [1.807, 2.05) is 29.3 Å². The molecule has 0 radical (unpaired) electrons. The molecule has 1 aliphatic carbocycles. The molecule has 1 atom stereocenters. The summed E-state index contributed by atoms with van der Waals surface area (Å²) in [5, 5.41) is 23.1. The number of H-pyrrole nitrogens is 1. The van der Waals surface area contributed by atoms with Crippen molar-refractivity contribution in [2.24, 2.45) is 5.92 Å². The lowest BCUT2D eigenvalue weighted by Crippen LogP contribution is -2.16. The van der Waals surface area contributed by atoms with Crippen molar-refractivity contribution < 1.29 is 0 Å². The second-order valence-electron chi connectivity index (χ2n) is 5.83. The summed E-state index contributed by atoms with van der Waals surface area (Å²) in [7, 11) is 0. The largest absolute Gasteiger partial charge is 0.345 e. The van der Waals surface area contributed by atoms with E-state index >= 15 is 0 Å². The van der Waals surface area contributed by atoms with Crippen molar-refractivity contribution in [3.8, 4) is 17.2 Å². The maximum Gasteiger partial charge on any atom is 0.160 e. The molecular weight excluding hydrogens is 276 g/mol. The summed E-state index contributed by atoms with van der Waals surface area (Å²) in [5.41, 5.74) is 2.72. The summed E-state index contributed by atoms with van der Waals surface area (Å²) in [6.45, 7) is 0. The molecule has 3 aromatic heterocycles. The second kappa shape index (κ2) is 5.26. The highest BCUT2D eigenvalue weighted by Crippen LogP contribution is 2.34. The van der Waals surface area contributed by atoms with Gasteiger partial charge in [-0.15, -0.1) is 5.10 Å². The molecule has 110 valence electrons. The van der Waals surface area contributed by atoms with Crippen molar-refractivity contribution >= 4 is 11.0 Å². The second-order valence-corrected chi connectivity index (χ2v) is 5.83. The SMILES string of the molecule is N#CC(C1CCCC1)n1cc(-c2cnnc3[nH]ccc23)cn1. The summed E-state index contributed by atoms with van der Waals surface area (Å²) in [4.78, 5) is 3.06. The van der Waals surface area contributed by atoms with Crippen molar-refractivity contribution in [3.63, 3.8) is 0 Å². The molecule has 3 heterocycles. The number of fused-ring (bicyclic) bond motifs is 1. The van der Waals surface area contributed by atoms with Crippen LogP contribution in [-0.2, 0) is 0 Å². The molecule has 0 amide bonds. The van der Waals surface area contributed by atoms with Gasteiger partial charge in [-0.1, -0.05) is 12.8 Å². The maximum absolute atomic E-state index is 9.52. The predicted octanol–water partition coefficient (Wildman–Crippen LogP) is 3.08. The highest BCUT2D eigenvalue weighted by atomic mass is 15.3. The number of hydrogen-bond donors (Lipinski definition) is 1. The van der Waals surface area contributed by atoms with Crippen LogP contribution in [0.1, 0.15) is 31.7 Å². The first-order chi connectivity index (χ1) is 10.9. The molecule has 1 unspecified atom stereocenters. The lowest BCUT2D eigenvalue weighted by Gasteiger charge is -2.16. The van der Waals surface area contributed by atoms with Gasteiger partial charge in [0, 0.05) is 28.9 Å². The zero-order chi connectivity index (χ0) is 14.9. The molecular formula is C16H16N6. The highest BCUT2D eigenvalue weighted by molar-refractivity contribution is 5.91. The monoisotopic (exact) mass is 292 g/mol. The number of nitriles is 1. The maximum atomic E-state index is 9.52. The van der Waals surface area contributed by atoms with Crippen LogP contribution in [0.25, 0.3) is 22.2 Å². The molecule has 0 aliphatic heterocycles. The Kier molecular flexibility index (Phi) is 3.11. The van der Waals surface area contributed by atoms with Crippen molar-refractivity contribution in [1.82, 2.24) is 25.0 Å². The Labute approximate surface area is 127 Å². The standard InChI is InChI=1S/C16H16N6/c17-7-15(11-3-1-2-4-11)22-10-12(8-20-22)14-9-19-21-16-13(14)5-6-18-16/h5-6,8-11,15H,1-4H2,(H,18,21). The van der Waals surface area contributed by atoms with Gasteiger partial charge in [-0.05, 0) is 24.8 Å². The highest BCUT2D eigenvalue weighted by Gasteiger charge is 2.27. The lowest BCUT2D eigenvalue weighted by atomic mass is 9.99. The minimum atomic E-state index is -0.173. The first-order valence-electron chi connectivity index (χ1n) is 7.60. The molecule has 4 rings (SSSR count). The van der Waals surface area contributed by atoms with Gasteiger partial charge in [0.25, 0.3) is 0 Å². The predicted molar refractivity (Wildman–Crippen MR) is 81.7 cm³/mol. The van der Waals surface area contributed by atoms with E-state index in [4.69, 9.17) is 0 Å². The minimum Gasteiger partial charge on any atom is -0.345 e.